The molecule has 0 amide bonds. The molecular formula is C13H12O3. The summed E-state index contributed by atoms with van der Waals surface area (Å²) < 4.78 is 10.2. The zero-order valence-corrected chi connectivity index (χ0v) is 8.81. The van der Waals surface area contributed by atoms with Crippen LogP contribution in [0.2, 0.25) is 0 Å². The molecule has 16 heavy (non-hydrogen) atoms. The first kappa shape index (κ1) is 10.5. The minimum absolute atomic E-state index is 0.347. The molecule has 0 spiro atoms. The number of ether oxygens (including phenoxy) is 1. The zero-order chi connectivity index (χ0) is 11.4. The predicted molar refractivity (Wildman–Crippen MR) is 60.4 cm³/mol. The van der Waals surface area contributed by atoms with Crippen LogP contribution in [0.5, 0.6) is 0 Å². The number of carbonyl (C=O) groups is 1. The Kier molecular flexibility index (Phi) is 3.05. The van der Waals surface area contributed by atoms with Gasteiger partial charge in [-0.2, -0.15) is 0 Å². The average Bonchev–Trinajstić information content (AvgIpc) is 2.76. The molecule has 0 N–H and O–H groups in total. The van der Waals surface area contributed by atoms with Crippen LogP contribution in [0.15, 0.2) is 47.8 Å². The fourth-order valence-corrected chi connectivity index (χ4v) is 1.49. The van der Waals surface area contributed by atoms with Gasteiger partial charge in [-0.25, -0.2) is 4.79 Å². The fraction of sp³-hybridized carbons (Fsp3) is 0.154. The monoisotopic (exact) mass is 216 g/mol. The second-order valence-electron chi connectivity index (χ2n) is 3.39. The summed E-state index contributed by atoms with van der Waals surface area (Å²) in [5, 5.41) is 0. The molecule has 2 rings (SSSR count). The molecule has 0 bridgehead atoms. The molecule has 3 nitrogen and oxygen atoms in total. The second-order valence-corrected chi connectivity index (χ2v) is 3.39. The SMILES string of the molecule is C=CCCOC(=O)c1cocc2cccc1-2. The number of esters is 1. The Morgan fingerprint density at radius 1 is 1.44 bits per heavy atom. The molecule has 0 fully saturated rings. The highest BCUT2D eigenvalue weighted by Gasteiger charge is 2.16. The van der Waals surface area contributed by atoms with E-state index in [9.17, 15) is 4.79 Å². The molecule has 1 heterocycles. The third-order valence-electron chi connectivity index (χ3n) is 2.30. The molecule has 2 aliphatic rings. The van der Waals surface area contributed by atoms with E-state index in [2.05, 4.69) is 6.58 Å². The van der Waals surface area contributed by atoms with Crippen LogP contribution in [-0.2, 0) is 4.74 Å². The van der Waals surface area contributed by atoms with Crippen LogP contribution in [-0.4, -0.2) is 12.6 Å². The largest absolute Gasteiger partial charge is 0.471 e. The molecule has 82 valence electrons. The van der Waals surface area contributed by atoms with Crippen molar-refractivity contribution in [1.29, 1.82) is 0 Å². The highest BCUT2D eigenvalue weighted by Crippen LogP contribution is 2.27. The smallest absolute Gasteiger partial charge is 0.341 e. The maximum Gasteiger partial charge on any atom is 0.341 e. The lowest BCUT2D eigenvalue weighted by atomic mass is 10.1. The molecule has 0 aromatic rings. The predicted octanol–water partition coefficient (Wildman–Crippen LogP) is 3.12. The number of carbonyl (C=O) groups excluding carboxylic acids is 1. The standard InChI is InChI=1S/C13H12O3/c1-2-3-7-16-13(14)12-9-15-8-10-5-4-6-11(10)12/h2,4-6,8-9H,1,3,7H2. The van der Waals surface area contributed by atoms with E-state index in [0.717, 1.165) is 11.1 Å². The minimum Gasteiger partial charge on any atom is -0.471 e. The summed E-state index contributed by atoms with van der Waals surface area (Å²) in [7, 11) is 0. The topological polar surface area (TPSA) is 39.4 Å². The van der Waals surface area contributed by atoms with Crippen molar-refractivity contribution in [2.24, 2.45) is 0 Å². The highest BCUT2D eigenvalue weighted by atomic mass is 16.5. The number of rotatable bonds is 4. The van der Waals surface area contributed by atoms with Gasteiger partial charge in [-0.3, -0.25) is 0 Å². The van der Waals surface area contributed by atoms with Gasteiger partial charge >= 0.3 is 5.97 Å². The van der Waals surface area contributed by atoms with Gasteiger partial charge in [0.15, 0.2) is 0 Å². The second kappa shape index (κ2) is 4.66. The van der Waals surface area contributed by atoms with E-state index < -0.39 is 0 Å². The van der Waals surface area contributed by atoms with Crippen molar-refractivity contribution in [2.45, 2.75) is 6.42 Å². The van der Waals surface area contributed by atoms with Gasteiger partial charge in [0.05, 0.1) is 12.9 Å². The fourth-order valence-electron chi connectivity index (χ4n) is 1.49. The van der Waals surface area contributed by atoms with E-state index in [0.29, 0.717) is 18.6 Å². The normalized spacial score (nSPS) is 10.2. The van der Waals surface area contributed by atoms with Crippen LogP contribution in [0, 0.1) is 0 Å². The van der Waals surface area contributed by atoms with E-state index in [1.807, 2.05) is 18.2 Å². The van der Waals surface area contributed by atoms with Gasteiger partial charge < -0.3 is 9.15 Å². The van der Waals surface area contributed by atoms with Gasteiger partial charge in [0.2, 0.25) is 0 Å². The van der Waals surface area contributed by atoms with Crippen molar-refractivity contribution in [3.63, 3.8) is 0 Å². The van der Waals surface area contributed by atoms with Crippen molar-refractivity contribution < 1.29 is 13.9 Å². The lowest BCUT2D eigenvalue weighted by Gasteiger charge is -2.06. The van der Waals surface area contributed by atoms with Crippen molar-refractivity contribution >= 4 is 5.97 Å². The zero-order valence-electron chi connectivity index (χ0n) is 8.81. The van der Waals surface area contributed by atoms with Gasteiger partial charge in [0.25, 0.3) is 0 Å². The van der Waals surface area contributed by atoms with Gasteiger partial charge in [-0.05, 0) is 6.42 Å². The van der Waals surface area contributed by atoms with E-state index in [-0.39, 0.29) is 5.97 Å². The molecule has 3 heteroatoms. The summed E-state index contributed by atoms with van der Waals surface area (Å²) in [5.74, 6) is -0.359. The quantitative estimate of drug-likeness (QED) is 0.448. The summed E-state index contributed by atoms with van der Waals surface area (Å²) in [6.45, 7) is 3.91. The maximum absolute atomic E-state index is 11.7. The number of hydrogen-bond donors (Lipinski definition) is 0. The Bertz CT molecular complexity index is 470. The Labute approximate surface area is 93.7 Å². The minimum atomic E-state index is -0.359. The number of fused-ring (bicyclic) bond motifs is 1. The van der Waals surface area contributed by atoms with E-state index in [4.69, 9.17) is 9.15 Å². The summed E-state index contributed by atoms with van der Waals surface area (Å²) in [6.07, 6.45) is 5.38. The molecule has 0 unspecified atom stereocenters. The third-order valence-corrected chi connectivity index (χ3v) is 2.30. The summed E-state index contributed by atoms with van der Waals surface area (Å²) in [6, 6.07) is 5.63. The van der Waals surface area contributed by atoms with Crippen molar-refractivity contribution in [3.05, 3.63) is 48.9 Å². The van der Waals surface area contributed by atoms with Gasteiger partial charge in [0, 0.05) is 11.1 Å². The van der Waals surface area contributed by atoms with Crippen LogP contribution >= 0.6 is 0 Å². The molecule has 0 aromatic heterocycles. The van der Waals surface area contributed by atoms with Crippen molar-refractivity contribution in [3.8, 4) is 11.1 Å². The third kappa shape index (κ3) is 1.98. The van der Waals surface area contributed by atoms with Gasteiger partial charge in [-0.1, -0.05) is 24.3 Å². The van der Waals surface area contributed by atoms with Crippen molar-refractivity contribution in [1.82, 2.24) is 0 Å². The Hall–Kier alpha value is -2.03. The summed E-state index contributed by atoms with van der Waals surface area (Å²) >= 11 is 0. The Balaban J connectivity index is 2.17. The van der Waals surface area contributed by atoms with Crippen LogP contribution in [0.25, 0.3) is 11.1 Å². The molecule has 0 radical (unpaired) electrons. The van der Waals surface area contributed by atoms with Gasteiger partial charge in [-0.15, -0.1) is 6.58 Å². The van der Waals surface area contributed by atoms with Crippen LogP contribution in [0.1, 0.15) is 16.8 Å². The maximum atomic E-state index is 11.7. The van der Waals surface area contributed by atoms with E-state index in [1.54, 1.807) is 12.3 Å². The first-order chi connectivity index (χ1) is 7.83. The van der Waals surface area contributed by atoms with E-state index in [1.165, 1.54) is 6.26 Å². The van der Waals surface area contributed by atoms with Crippen LogP contribution < -0.4 is 0 Å². The molecular weight excluding hydrogens is 204 g/mol. The Morgan fingerprint density at radius 3 is 3.12 bits per heavy atom. The number of hydrogen-bond acceptors (Lipinski definition) is 3. The van der Waals surface area contributed by atoms with Crippen LogP contribution in [0.3, 0.4) is 0 Å². The first-order valence-electron chi connectivity index (χ1n) is 5.06. The average molecular weight is 216 g/mol. The lowest BCUT2D eigenvalue weighted by molar-refractivity contribution is 0.0510. The highest BCUT2D eigenvalue weighted by molar-refractivity contribution is 5.97. The van der Waals surface area contributed by atoms with E-state index >= 15 is 0 Å². The first-order valence-corrected chi connectivity index (χ1v) is 5.06. The Morgan fingerprint density at radius 2 is 2.31 bits per heavy atom. The van der Waals surface area contributed by atoms with Crippen LogP contribution in [0.4, 0.5) is 0 Å². The molecule has 0 aromatic carbocycles. The molecule has 1 aliphatic carbocycles. The summed E-state index contributed by atoms with van der Waals surface area (Å²) in [4.78, 5) is 11.7. The summed E-state index contributed by atoms with van der Waals surface area (Å²) in [5.41, 5.74) is 2.22. The molecule has 1 aliphatic heterocycles. The van der Waals surface area contributed by atoms with Gasteiger partial charge in [0.1, 0.15) is 11.8 Å². The molecule has 0 saturated heterocycles. The lowest BCUT2D eigenvalue weighted by Crippen LogP contribution is -2.07. The van der Waals surface area contributed by atoms with Crippen molar-refractivity contribution in [2.75, 3.05) is 6.61 Å². The molecule has 0 saturated carbocycles. The molecule has 0 atom stereocenters.